The molecule has 206 valence electrons. The number of nitrogens with zero attached hydrogens (tertiary/aromatic N) is 4. The number of rotatable bonds is 6. The number of benzene rings is 2. The Hall–Kier alpha value is -3.55. The van der Waals surface area contributed by atoms with Gasteiger partial charge in [0.1, 0.15) is 12.1 Å². The van der Waals surface area contributed by atoms with Gasteiger partial charge in [0.2, 0.25) is 5.91 Å². The van der Waals surface area contributed by atoms with Crippen LogP contribution in [0.3, 0.4) is 0 Å². The quantitative estimate of drug-likeness (QED) is 0.344. The molecule has 1 aliphatic carbocycles. The van der Waals surface area contributed by atoms with Crippen molar-refractivity contribution in [1.29, 1.82) is 0 Å². The van der Waals surface area contributed by atoms with Crippen LogP contribution in [0.25, 0.3) is 10.9 Å². The van der Waals surface area contributed by atoms with E-state index < -0.39 is 5.82 Å². The fourth-order valence-electron chi connectivity index (χ4n) is 5.52. The first kappa shape index (κ1) is 26.7. The molecule has 2 aromatic carbocycles. The molecule has 0 bridgehead atoms. The van der Waals surface area contributed by atoms with Crippen molar-refractivity contribution in [3.8, 4) is 11.8 Å². The number of halogens is 2. The smallest absolute Gasteiger partial charge is 0.248 e. The molecule has 0 unspecified atom stereocenters. The highest BCUT2D eigenvalue weighted by Gasteiger charge is 2.58. The Morgan fingerprint density at radius 2 is 2.12 bits per heavy atom. The fourth-order valence-corrected chi connectivity index (χ4v) is 5.70. The van der Waals surface area contributed by atoms with Gasteiger partial charge in [-0.3, -0.25) is 9.69 Å². The van der Waals surface area contributed by atoms with Crippen LogP contribution in [0.1, 0.15) is 12.0 Å². The third-order valence-electron chi connectivity index (χ3n) is 7.74. The molecule has 2 atom stereocenters. The minimum absolute atomic E-state index is 0.00746. The summed E-state index contributed by atoms with van der Waals surface area (Å²) in [4.78, 5) is 26.3. The van der Waals surface area contributed by atoms with Crippen molar-refractivity contribution in [2.75, 3.05) is 63.6 Å². The number of hydrogen-bond acceptors (Lipinski definition) is 7. The molecule has 1 aromatic heterocycles. The van der Waals surface area contributed by atoms with Crippen molar-refractivity contribution in [2.45, 2.75) is 6.42 Å². The zero-order valence-electron chi connectivity index (χ0n) is 22.2. The maximum Gasteiger partial charge on any atom is 0.248 e. The van der Waals surface area contributed by atoms with Crippen molar-refractivity contribution in [3.63, 3.8) is 0 Å². The summed E-state index contributed by atoms with van der Waals surface area (Å²) in [5.41, 5.74) is 2.06. The Balaban J connectivity index is 1.31. The lowest BCUT2D eigenvalue weighted by Gasteiger charge is -2.25. The highest BCUT2D eigenvalue weighted by Crippen LogP contribution is 2.57. The van der Waals surface area contributed by atoms with E-state index in [9.17, 15) is 9.18 Å². The Labute approximate surface area is 237 Å². The molecule has 3 aliphatic rings. The van der Waals surface area contributed by atoms with Crippen molar-refractivity contribution >= 4 is 45.6 Å². The number of carbonyl (C=O) groups excluding carboxylic acids is 1. The average Bonchev–Trinajstić information content (AvgIpc) is 3.51. The Bertz CT molecular complexity index is 1550. The monoisotopic (exact) mass is 560 g/mol. The number of aromatic nitrogens is 2. The Kier molecular flexibility index (Phi) is 7.43. The lowest BCUT2D eigenvalue weighted by atomic mass is 10.0. The second-order valence-corrected chi connectivity index (χ2v) is 11.1. The molecule has 3 heterocycles. The maximum absolute atomic E-state index is 14.6. The van der Waals surface area contributed by atoms with Gasteiger partial charge in [-0.15, -0.1) is 0 Å². The van der Waals surface area contributed by atoms with E-state index in [4.69, 9.17) is 16.3 Å². The highest BCUT2D eigenvalue weighted by molar-refractivity contribution is 6.31. The lowest BCUT2D eigenvalue weighted by molar-refractivity contribution is -0.111. The Morgan fingerprint density at radius 3 is 2.92 bits per heavy atom. The molecule has 6 rings (SSSR count). The Morgan fingerprint density at radius 1 is 1.27 bits per heavy atom. The zero-order chi connectivity index (χ0) is 27.7. The summed E-state index contributed by atoms with van der Waals surface area (Å²) in [6, 6.07) is 8.37. The van der Waals surface area contributed by atoms with Gasteiger partial charge in [0.25, 0.3) is 0 Å². The van der Waals surface area contributed by atoms with E-state index in [1.807, 2.05) is 12.1 Å². The van der Waals surface area contributed by atoms with E-state index in [0.717, 1.165) is 32.6 Å². The number of anilines is 3. The molecule has 2 N–H and O–H groups in total. The highest BCUT2D eigenvalue weighted by atomic mass is 35.5. The van der Waals surface area contributed by atoms with Crippen molar-refractivity contribution < 1.29 is 13.9 Å². The van der Waals surface area contributed by atoms with Gasteiger partial charge in [-0.25, -0.2) is 14.4 Å². The molecule has 1 saturated carbocycles. The molecule has 8 nitrogen and oxygen atoms in total. The van der Waals surface area contributed by atoms with Crippen LogP contribution in [0, 0.1) is 29.0 Å². The molecule has 0 spiro atoms. The summed E-state index contributed by atoms with van der Waals surface area (Å²) >= 11 is 5.98. The predicted octanol–water partition coefficient (Wildman–Crippen LogP) is 4.30. The minimum atomic E-state index is -0.572. The summed E-state index contributed by atoms with van der Waals surface area (Å²) in [6.45, 7) is 5.78. The van der Waals surface area contributed by atoms with E-state index in [1.165, 1.54) is 12.4 Å². The second-order valence-electron chi connectivity index (χ2n) is 10.7. The van der Waals surface area contributed by atoms with E-state index in [1.54, 1.807) is 24.3 Å². The summed E-state index contributed by atoms with van der Waals surface area (Å²) in [7, 11) is 2.12. The van der Waals surface area contributed by atoms with Crippen LogP contribution in [0.2, 0.25) is 5.02 Å². The molecular formula is C30H30ClFN6O2. The maximum atomic E-state index is 14.6. The molecule has 1 amide bonds. The van der Waals surface area contributed by atoms with Gasteiger partial charge in [0.15, 0.2) is 5.82 Å². The summed E-state index contributed by atoms with van der Waals surface area (Å²) in [6.07, 6.45) is 5.91. The summed E-state index contributed by atoms with van der Waals surface area (Å²) in [5, 5.41) is 6.65. The number of amides is 1. The molecule has 2 saturated heterocycles. The van der Waals surface area contributed by atoms with Crippen LogP contribution in [0.4, 0.5) is 21.6 Å². The molecule has 0 radical (unpaired) electrons. The van der Waals surface area contributed by atoms with Crippen molar-refractivity contribution in [3.05, 3.63) is 65.2 Å². The SMILES string of the molecule is CN1C[C@@H]2C[C@]2(C#Cc2cc3ncnc(Nc4cccc(Cl)c4F)c3cc2NC(=O)/C=C/CN2CCOCC2)C1. The van der Waals surface area contributed by atoms with Gasteiger partial charge in [0.05, 0.1) is 40.7 Å². The molecule has 2 aliphatic heterocycles. The van der Waals surface area contributed by atoms with Crippen LogP contribution < -0.4 is 10.6 Å². The average molecular weight is 561 g/mol. The number of nitrogens with one attached hydrogen (secondary N) is 2. The number of ether oxygens (including phenoxy) is 1. The second kappa shape index (κ2) is 11.1. The summed E-state index contributed by atoms with van der Waals surface area (Å²) < 4.78 is 20.0. The van der Waals surface area contributed by atoms with Gasteiger partial charge < -0.3 is 20.3 Å². The number of likely N-dealkylation sites (tertiary alicyclic amines) is 1. The van der Waals surface area contributed by atoms with Gasteiger partial charge in [-0.05, 0) is 43.7 Å². The van der Waals surface area contributed by atoms with Crippen molar-refractivity contribution in [2.24, 2.45) is 11.3 Å². The number of hydrogen-bond donors (Lipinski definition) is 2. The van der Waals surface area contributed by atoms with Gasteiger partial charge in [-0.1, -0.05) is 35.6 Å². The van der Waals surface area contributed by atoms with E-state index in [0.29, 0.717) is 53.6 Å². The normalized spacial score (nSPS) is 22.6. The summed E-state index contributed by atoms with van der Waals surface area (Å²) in [5.74, 6) is 7.02. The van der Waals surface area contributed by atoms with Crippen LogP contribution in [0.5, 0.6) is 0 Å². The molecular weight excluding hydrogens is 531 g/mol. The number of carbonyl (C=O) groups is 1. The van der Waals surface area contributed by atoms with Crippen molar-refractivity contribution in [1.82, 2.24) is 19.8 Å². The molecule has 40 heavy (non-hydrogen) atoms. The third-order valence-corrected chi connectivity index (χ3v) is 8.03. The first-order valence-electron chi connectivity index (χ1n) is 13.4. The first-order valence-corrected chi connectivity index (χ1v) is 13.8. The van der Waals surface area contributed by atoms with E-state index >= 15 is 0 Å². The lowest BCUT2D eigenvalue weighted by Crippen LogP contribution is -2.36. The van der Waals surface area contributed by atoms with Crippen LogP contribution in [0.15, 0.2) is 48.8 Å². The van der Waals surface area contributed by atoms with Gasteiger partial charge in [-0.2, -0.15) is 0 Å². The molecule has 3 fully saturated rings. The van der Waals surface area contributed by atoms with Crippen LogP contribution >= 0.6 is 11.6 Å². The van der Waals surface area contributed by atoms with Gasteiger partial charge in [0, 0.05) is 49.6 Å². The molecule has 3 aromatic rings. The van der Waals surface area contributed by atoms with Crippen LogP contribution in [-0.4, -0.2) is 78.7 Å². The zero-order valence-corrected chi connectivity index (χ0v) is 23.0. The van der Waals surface area contributed by atoms with Gasteiger partial charge >= 0.3 is 0 Å². The number of fused-ring (bicyclic) bond motifs is 2. The standard InChI is InChI=1S/C30H30ClFN6O2/c1-37-17-21-16-30(21,18-37)8-7-20-14-26-22(29(34-19-33-26)36-24-5-2-4-23(31)28(24)32)15-25(20)35-27(39)6-3-9-38-10-12-40-13-11-38/h2-6,14-15,19,21H,9-13,16-18H2,1H3,(H,35,39)(H,33,34,36)/b6-3+/t21-,30+/m0/s1. The number of piperidine rings is 1. The third kappa shape index (κ3) is 5.67. The first-order chi connectivity index (χ1) is 19.4. The fraction of sp³-hybridized carbons (Fsp3) is 0.367. The van der Waals surface area contributed by atoms with Crippen LogP contribution in [-0.2, 0) is 9.53 Å². The number of morpholine rings is 1. The topological polar surface area (TPSA) is 82.6 Å². The minimum Gasteiger partial charge on any atom is -0.379 e. The predicted molar refractivity (Wildman–Crippen MR) is 154 cm³/mol. The van der Waals surface area contributed by atoms with E-state index in [2.05, 4.69) is 49.3 Å². The molecule has 10 heteroatoms. The largest absolute Gasteiger partial charge is 0.379 e. The van der Waals surface area contributed by atoms with E-state index in [-0.39, 0.29) is 22.0 Å².